The molecule has 1 aromatic carbocycles. The molecular formula is C17H21ClN2O4S. The standard InChI is InChI=1S/C17H21ClN2O4S/c1-12(2)9-20(14-5-6-25(22,23)11-14)17(21)10-24-16-4-3-13(8-19)7-15(16)18/h3-4,7,12,14H,5-6,9-11H2,1-2H3/t14-/m0/s1. The van der Waals surface area contributed by atoms with E-state index in [2.05, 4.69) is 0 Å². The third kappa shape index (κ3) is 5.35. The van der Waals surface area contributed by atoms with Gasteiger partial charge in [-0.2, -0.15) is 5.26 Å². The molecule has 1 amide bonds. The van der Waals surface area contributed by atoms with E-state index in [1.807, 2.05) is 19.9 Å². The molecule has 0 radical (unpaired) electrons. The van der Waals surface area contributed by atoms with Crippen LogP contribution in [-0.4, -0.2) is 49.9 Å². The Labute approximate surface area is 153 Å². The van der Waals surface area contributed by atoms with E-state index in [9.17, 15) is 13.2 Å². The molecule has 0 bridgehead atoms. The predicted molar refractivity (Wildman–Crippen MR) is 95.3 cm³/mol. The highest BCUT2D eigenvalue weighted by atomic mass is 35.5. The lowest BCUT2D eigenvalue weighted by Crippen LogP contribution is -2.45. The number of sulfone groups is 1. The third-order valence-electron chi connectivity index (χ3n) is 3.94. The number of rotatable bonds is 6. The fourth-order valence-corrected chi connectivity index (χ4v) is 4.74. The first-order chi connectivity index (χ1) is 11.7. The fraction of sp³-hybridized carbons (Fsp3) is 0.529. The lowest BCUT2D eigenvalue weighted by Gasteiger charge is -2.30. The van der Waals surface area contributed by atoms with Crippen molar-refractivity contribution in [1.82, 2.24) is 4.90 Å². The second kappa shape index (κ2) is 8.07. The lowest BCUT2D eigenvalue weighted by molar-refractivity contribution is -0.135. The Morgan fingerprint density at radius 1 is 1.48 bits per heavy atom. The van der Waals surface area contributed by atoms with Crippen LogP contribution in [0.4, 0.5) is 0 Å². The smallest absolute Gasteiger partial charge is 0.260 e. The zero-order valence-electron chi connectivity index (χ0n) is 14.2. The van der Waals surface area contributed by atoms with Crippen LogP contribution in [0, 0.1) is 17.2 Å². The van der Waals surface area contributed by atoms with Crippen molar-refractivity contribution in [3.8, 4) is 11.8 Å². The predicted octanol–water partition coefficient (Wildman–Crippen LogP) is 2.26. The summed E-state index contributed by atoms with van der Waals surface area (Å²) in [7, 11) is -3.08. The van der Waals surface area contributed by atoms with E-state index >= 15 is 0 Å². The number of carbonyl (C=O) groups excluding carboxylic acids is 1. The summed E-state index contributed by atoms with van der Waals surface area (Å²) in [5.41, 5.74) is 0.404. The Hall–Kier alpha value is -1.78. The van der Waals surface area contributed by atoms with Gasteiger partial charge in [0.2, 0.25) is 0 Å². The molecule has 6 nitrogen and oxygen atoms in total. The van der Waals surface area contributed by atoms with Gasteiger partial charge in [0.25, 0.3) is 5.91 Å². The van der Waals surface area contributed by atoms with Gasteiger partial charge in [-0.15, -0.1) is 0 Å². The Kier molecular flexibility index (Phi) is 6.31. The van der Waals surface area contributed by atoms with E-state index < -0.39 is 9.84 Å². The van der Waals surface area contributed by atoms with Crippen molar-refractivity contribution in [2.75, 3.05) is 24.7 Å². The molecule has 1 aromatic rings. The van der Waals surface area contributed by atoms with Crippen molar-refractivity contribution in [2.45, 2.75) is 26.3 Å². The van der Waals surface area contributed by atoms with Crippen LogP contribution in [0.15, 0.2) is 18.2 Å². The highest BCUT2D eigenvalue weighted by Crippen LogP contribution is 2.26. The van der Waals surface area contributed by atoms with Crippen molar-refractivity contribution in [1.29, 1.82) is 5.26 Å². The topological polar surface area (TPSA) is 87.5 Å². The minimum absolute atomic E-state index is 0.00306. The van der Waals surface area contributed by atoms with Crippen LogP contribution in [0.1, 0.15) is 25.8 Å². The van der Waals surface area contributed by atoms with Crippen LogP contribution in [0.5, 0.6) is 5.75 Å². The zero-order chi connectivity index (χ0) is 18.6. The van der Waals surface area contributed by atoms with Gasteiger partial charge in [-0.1, -0.05) is 25.4 Å². The number of nitrogens with zero attached hydrogens (tertiary/aromatic N) is 2. The maximum atomic E-state index is 12.6. The van der Waals surface area contributed by atoms with Gasteiger partial charge in [0.05, 0.1) is 28.2 Å². The number of nitriles is 1. The number of hydrogen-bond donors (Lipinski definition) is 0. The Bertz CT molecular complexity index is 786. The maximum absolute atomic E-state index is 12.6. The SMILES string of the molecule is CC(C)CN(C(=O)COc1ccc(C#N)cc1Cl)[C@H]1CCS(=O)(=O)C1. The van der Waals surface area contributed by atoms with E-state index in [0.717, 1.165) is 0 Å². The van der Waals surface area contributed by atoms with Crippen LogP contribution in [0.3, 0.4) is 0 Å². The monoisotopic (exact) mass is 384 g/mol. The number of amides is 1. The molecule has 1 saturated heterocycles. The molecular weight excluding hydrogens is 364 g/mol. The molecule has 2 rings (SSSR count). The molecule has 1 heterocycles. The van der Waals surface area contributed by atoms with E-state index in [-0.39, 0.29) is 41.0 Å². The number of hydrogen-bond acceptors (Lipinski definition) is 5. The average molecular weight is 385 g/mol. The average Bonchev–Trinajstić information content (AvgIpc) is 2.90. The summed E-state index contributed by atoms with van der Waals surface area (Å²) in [6.07, 6.45) is 0.457. The van der Waals surface area contributed by atoms with Gasteiger partial charge >= 0.3 is 0 Å². The summed E-state index contributed by atoms with van der Waals surface area (Å²) in [5, 5.41) is 9.09. The second-order valence-corrected chi connectivity index (χ2v) is 9.18. The van der Waals surface area contributed by atoms with Crippen LogP contribution in [-0.2, 0) is 14.6 Å². The van der Waals surface area contributed by atoms with Crippen molar-refractivity contribution in [3.05, 3.63) is 28.8 Å². The molecule has 1 aliphatic rings. The molecule has 0 spiro atoms. The summed E-state index contributed by atoms with van der Waals surface area (Å²) in [5.74, 6) is 0.379. The molecule has 0 aromatic heterocycles. The molecule has 1 fully saturated rings. The van der Waals surface area contributed by atoms with Crippen LogP contribution >= 0.6 is 11.6 Å². The largest absolute Gasteiger partial charge is 0.482 e. The first-order valence-electron chi connectivity index (χ1n) is 8.04. The highest BCUT2D eigenvalue weighted by Gasteiger charge is 2.35. The number of carbonyl (C=O) groups is 1. The summed E-state index contributed by atoms with van der Waals surface area (Å²) in [4.78, 5) is 14.2. The molecule has 8 heteroatoms. The van der Waals surface area contributed by atoms with E-state index in [4.69, 9.17) is 21.6 Å². The Morgan fingerprint density at radius 2 is 2.20 bits per heavy atom. The summed E-state index contributed by atoms with van der Waals surface area (Å²) in [6, 6.07) is 6.24. The maximum Gasteiger partial charge on any atom is 0.260 e. The van der Waals surface area contributed by atoms with E-state index in [1.54, 1.807) is 17.0 Å². The summed E-state index contributed by atoms with van der Waals surface area (Å²) >= 11 is 6.04. The summed E-state index contributed by atoms with van der Waals surface area (Å²) in [6.45, 7) is 4.20. The quantitative estimate of drug-likeness (QED) is 0.750. The lowest BCUT2D eigenvalue weighted by atomic mass is 10.1. The van der Waals surface area contributed by atoms with Gasteiger partial charge in [0, 0.05) is 12.6 Å². The molecule has 1 aliphatic heterocycles. The molecule has 25 heavy (non-hydrogen) atoms. The molecule has 0 saturated carbocycles. The zero-order valence-corrected chi connectivity index (χ0v) is 15.8. The van der Waals surface area contributed by atoms with Gasteiger partial charge in [0.15, 0.2) is 16.4 Å². The number of halogens is 1. The second-order valence-electron chi connectivity index (χ2n) is 6.54. The van der Waals surface area contributed by atoms with Gasteiger partial charge in [0.1, 0.15) is 5.75 Å². The summed E-state index contributed by atoms with van der Waals surface area (Å²) < 4.78 is 28.9. The highest BCUT2D eigenvalue weighted by molar-refractivity contribution is 7.91. The van der Waals surface area contributed by atoms with Crippen molar-refractivity contribution in [3.63, 3.8) is 0 Å². The van der Waals surface area contributed by atoms with Crippen molar-refractivity contribution < 1.29 is 17.9 Å². The minimum Gasteiger partial charge on any atom is -0.482 e. The number of benzene rings is 1. The number of ether oxygens (including phenoxy) is 1. The Balaban J connectivity index is 2.06. The van der Waals surface area contributed by atoms with Gasteiger partial charge in [-0.3, -0.25) is 4.79 Å². The van der Waals surface area contributed by atoms with Crippen LogP contribution in [0.2, 0.25) is 5.02 Å². The van der Waals surface area contributed by atoms with Crippen molar-refractivity contribution >= 4 is 27.3 Å². The van der Waals surface area contributed by atoms with Crippen LogP contribution < -0.4 is 4.74 Å². The molecule has 1 atom stereocenters. The Morgan fingerprint density at radius 3 is 2.72 bits per heavy atom. The first kappa shape index (κ1) is 19.5. The van der Waals surface area contributed by atoms with Gasteiger partial charge in [-0.25, -0.2) is 8.42 Å². The van der Waals surface area contributed by atoms with E-state index in [1.165, 1.54) is 6.07 Å². The molecule has 0 aliphatic carbocycles. The third-order valence-corrected chi connectivity index (χ3v) is 5.99. The first-order valence-corrected chi connectivity index (χ1v) is 10.2. The minimum atomic E-state index is -3.08. The van der Waals surface area contributed by atoms with Gasteiger partial charge < -0.3 is 9.64 Å². The van der Waals surface area contributed by atoms with Gasteiger partial charge in [-0.05, 0) is 30.5 Å². The fourth-order valence-electron chi connectivity index (χ4n) is 2.78. The molecule has 136 valence electrons. The molecule has 0 unspecified atom stereocenters. The van der Waals surface area contributed by atoms with Crippen molar-refractivity contribution in [2.24, 2.45) is 5.92 Å². The van der Waals surface area contributed by atoms with Crippen LogP contribution in [0.25, 0.3) is 0 Å². The normalized spacial score (nSPS) is 18.8. The molecule has 0 N–H and O–H groups in total. The van der Waals surface area contributed by atoms with E-state index in [0.29, 0.717) is 24.3 Å².